The minimum absolute atomic E-state index is 0.261. The van der Waals surface area contributed by atoms with Crippen LogP contribution in [0.4, 0.5) is 4.79 Å². The number of hydrogen-bond acceptors (Lipinski definition) is 3. The second-order valence-electron chi connectivity index (χ2n) is 7.63. The minimum atomic E-state index is -1.19. The normalized spacial score (nSPS) is 18.9. The third-order valence-corrected chi connectivity index (χ3v) is 5.35. The lowest BCUT2D eigenvalue weighted by Gasteiger charge is -2.22. The van der Waals surface area contributed by atoms with E-state index in [0.29, 0.717) is 16.5 Å². The number of nitrogens with zero attached hydrogens (tertiary/aromatic N) is 1. The van der Waals surface area contributed by atoms with Gasteiger partial charge < -0.3 is 10.6 Å². The largest absolute Gasteiger partial charge is 0.350 e. The zero-order chi connectivity index (χ0) is 21.2. The smallest absolute Gasteiger partial charge is 0.325 e. The van der Waals surface area contributed by atoms with Gasteiger partial charge in [-0.25, -0.2) is 4.79 Å². The molecule has 0 aliphatic carbocycles. The topological polar surface area (TPSA) is 78.5 Å². The van der Waals surface area contributed by atoms with Crippen molar-refractivity contribution in [1.82, 2.24) is 15.5 Å². The molecule has 1 saturated heterocycles. The molecule has 3 rings (SSSR count). The SMILES string of the molecule is CC(C)c1ccc([C@@]2(C)NC(=O)N(CC(=O)NCc3cccc(Cl)c3)C2=O)cc1. The Labute approximate surface area is 175 Å². The molecule has 0 unspecified atom stereocenters. The Morgan fingerprint density at radius 3 is 2.48 bits per heavy atom. The third kappa shape index (κ3) is 4.43. The number of carbonyl (C=O) groups is 3. The number of hydrogen-bond donors (Lipinski definition) is 2. The lowest BCUT2D eigenvalue weighted by atomic mass is 9.90. The highest BCUT2D eigenvalue weighted by Gasteiger charge is 2.49. The number of imide groups is 1. The van der Waals surface area contributed by atoms with Gasteiger partial charge in [-0.15, -0.1) is 0 Å². The highest BCUT2D eigenvalue weighted by atomic mass is 35.5. The van der Waals surface area contributed by atoms with E-state index >= 15 is 0 Å². The summed E-state index contributed by atoms with van der Waals surface area (Å²) in [5, 5.41) is 6.01. The lowest BCUT2D eigenvalue weighted by Crippen LogP contribution is -2.43. The van der Waals surface area contributed by atoms with Crippen LogP contribution < -0.4 is 10.6 Å². The summed E-state index contributed by atoms with van der Waals surface area (Å²) in [6.07, 6.45) is 0. The molecule has 29 heavy (non-hydrogen) atoms. The molecule has 7 heteroatoms. The predicted molar refractivity (Wildman–Crippen MR) is 111 cm³/mol. The number of nitrogens with one attached hydrogen (secondary N) is 2. The molecule has 1 heterocycles. The van der Waals surface area contributed by atoms with Crippen molar-refractivity contribution in [2.24, 2.45) is 0 Å². The van der Waals surface area contributed by atoms with Gasteiger partial charge in [0.2, 0.25) is 5.91 Å². The Morgan fingerprint density at radius 2 is 1.86 bits per heavy atom. The highest BCUT2D eigenvalue weighted by molar-refractivity contribution is 6.30. The Balaban J connectivity index is 1.67. The number of rotatable bonds is 6. The number of amides is 4. The van der Waals surface area contributed by atoms with Crippen LogP contribution in [0, 0.1) is 0 Å². The van der Waals surface area contributed by atoms with Gasteiger partial charge in [-0.3, -0.25) is 14.5 Å². The molecule has 0 radical (unpaired) electrons. The van der Waals surface area contributed by atoms with E-state index in [9.17, 15) is 14.4 Å². The molecule has 152 valence electrons. The molecule has 1 aliphatic rings. The second kappa shape index (κ2) is 8.25. The number of halogens is 1. The molecule has 4 amide bonds. The quantitative estimate of drug-likeness (QED) is 0.711. The molecule has 1 atom stereocenters. The van der Waals surface area contributed by atoms with Gasteiger partial charge in [0.15, 0.2) is 0 Å². The van der Waals surface area contributed by atoms with Crippen LogP contribution in [0.1, 0.15) is 43.4 Å². The summed E-state index contributed by atoms with van der Waals surface area (Å²) in [4.78, 5) is 38.6. The Bertz CT molecular complexity index is 943. The van der Waals surface area contributed by atoms with Gasteiger partial charge in [-0.05, 0) is 41.7 Å². The van der Waals surface area contributed by atoms with E-state index in [-0.39, 0.29) is 13.1 Å². The van der Waals surface area contributed by atoms with E-state index in [1.54, 1.807) is 25.1 Å². The summed E-state index contributed by atoms with van der Waals surface area (Å²) in [6.45, 7) is 5.75. The Kier molecular flexibility index (Phi) is 5.94. The van der Waals surface area contributed by atoms with Crippen LogP contribution >= 0.6 is 11.6 Å². The lowest BCUT2D eigenvalue weighted by molar-refractivity contribution is -0.134. The van der Waals surface area contributed by atoms with E-state index in [2.05, 4.69) is 24.5 Å². The monoisotopic (exact) mass is 413 g/mol. The zero-order valence-electron chi connectivity index (χ0n) is 16.7. The number of carbonyl (C=O) groups excluding carboxylic acids is 3. The van der Waals surface area contributed by atoms with Gasteiger partial charge in [0.1, 0.15) is 12.1 Å². The fourth-order valence-corrected chi connectivity index (χ4v) is 3.50. The van der Waals surface area contributed by atoms with E-state index < -0.39 is 23.4 Å². The van der Waals surface area contributed by atoms with E-state index in [1.165, 1.54) is 0 Å². The standard InChI is InChI=1S/C22H24ClN3O3/c1-14(2)16-7-9-17(10-8-16)22(3)20(28)26(21(29)25-22)13-19(27)24-12-15-5-4-6-18(23)11-15/h4-11,14H,12-13H2,1-3H3,(H,24,27)(H,25,29)/t22-/m1/s1. The van der Waals surface area contributed by atoms with Crippen molar-refractivity contribution < 1.29 is 14.4 Å². The van der Waals surface area contributed by atoms with Crippen molar-refractivity contribution in [1.29, 1.82) is 0 Å². The first-order chi connectivity index (χ1) is 13.7. The fourth-order valence-electron chi connectivity index (χ4n) is 3.28. The van der Waals surface area contributed by atoms with Crippen molar-refractivity contribution in [2.45, 2.75) is 38.8 Å². The molecular formula is C22H24ClN3O3. The van der Waals surface area contributed by atoms with Gasteiger partial charge in [0.25, 0.3) is 5.91 Å². The molecule has 2 aromatic carbocycles. The van der Waals surface area contributed by atoms with E-state index in [0.717, 1.165) is 16.0 Å². The van der Waals surface area contributed by atoms with Crippen molar-refractivity contribution >= 4 is 29.4 Å². The van der Waals surface area contributed by atoms with Gasteiger partial charge in [0, 0.05) is 11.6 Å². The van der Waals surface area contributed by atoms with E-state index in [1.807, 2.05) is 30.3 Å². The summed E-state index contributed by atoms with van der Waals surface area (Å²) >= 11 is 5.93. The van der Waals surface area contributed by atoms with Crippen molar-refractivity contribution in [3.63, 3.8) is 0 Å². The molecule has 0 saturated carbocycles. The Hall–Kier alpha value is -2.86. The fraction of sp³-hybridized carbons (Fsp3) is 0.318. The van der Waals surface area contributed by atoms with Crippen molar-refractivity contribution in [2.75, 3.05) is 6.54 Å². The molecule has 6 nitrogen and oxygen atoms in total. The zero-order valence-corrected chi connectivity index (χ0v) is 17.4. The number of benzene rings is 2. The average molecular weight is 414 g/mol. The molecule has 1 aliphatic heterocycles. The van der Waals surface area contributed by atoms with Gasteiger partial charge in [-0.1, -0.05) is 61.8 Å². The first-order valence-electron chi connectivity index (χ1n) is 9.46. The molecule has 0 spiro atoms. The summed E-state index contributed by atoms with van der Waals surface area (Å²) in [7, 11) is 0. The summed E-state index contributed by atoms with van der Waals surface area (Å²) in [5.41, 5.74) is 1.46. The summed E-state index contributed by atoms with van der Waals surface area (Å²) < 4.78 is 0. The first-order valence-corrected chi connectivity index (χ1v) is 9.84. The summed E-state index contributed by atoms with van der Waals surface area (Å²) in [6, 6.07) is 14.1. The van der Waals surface area contributed by atoms with Crippen LogP contribution in [-0.4, -0.2) is 29.3 Å². The van der Waals surface area contributed by atoms with Crippen molar-refractivity contribution in [3.05, 3.63) is 70.2 Å². The maximum absolute atomic E-state index is 13.0. The molecule has 1 fully saturated rings. The van der Waals surface area contributed by atoms with Crippen molar-refractivity contribution in [3.8, 4) is 0 Å². The maximum atomic E-state index is 13.0. The molecule has 0 bridgehead atoms. The minimum Gasteiger partial charge on any atom is -0.350 e. The average Bonchev–Trinajstić information content (AvgIpc) is 2.90. The predicted octanol–water partition coefficient (Wildman–Crippen LogP) is 3.55. The summed E-state index contributed by atoms with van der Waals surface area (Å²) in [5.74, 6) is -0.504. The van der Waals surface area contributed by atoms with Crippen LogP contribution in [0.25, 0.3) is 0 Å². The van der Waals surface area contributed by atoms with Gasteiger partial charge in [-0.2, -0.15) is 0 Å². The third-order valence-electron chi connectivity index (χ3n) is 5.11. The van der Waals surface area contributed by atoms with E-state index in [4.69, 9.17) is 11.6 Å². The molecule has 0 aromatic heterocycles. The Morgan fingerprint density at radius 1 is 1.17 bits per heavy atom. The first kappa shape index (κ1) is 20.9. The van der Waals surface area contributed by atoms with Gasteiger partial charge in [0.05, 0.1) is 0 Å². The second-order valence-corrected chi connectivity index (χ2v) is 8.07. The van der Waals surface area contributed by atoms with Crippen LogP contribution in [-0.2, 0) is 21.7 Å². The van der Waals surface area contributed by atoms with Gasteiger partial charge >= 0.3 is 6.03 Å². The molecule has 2 N–H and O–H groups in total. The molecular weight excluding hydrogens is 390 g/mol. The molecule has 2 aromatic rings. The van der Waals surface area contributed by atoms with Crippen LogP contribution in [0.15, 0.2) is 48.5 Å². The number of urea groups is 1. The highest BCUT2D eigenvalue weighted by Crippen LogP contribution is 2.29. The van der Waals surface area contributed by atoms with Crippen LogP contribution in [0.5, 0.6) is 0 Å². The maximum Gasteiger partial charge on any atom is 0.325 e. The van der Waals surface area contributed by atoms with Crippen LogP contribution in [0.3, 0.4) is 0 Å². The van der Waals surface area contributed by atoms with Crippen LogP contribution in [0.2, 0.25) is 5.02 Å².